The molecule has 1 aliphatic rings. The molecule has 1 heterocycles. The lowest BCUT2D eigenvalue weighted by molar-refractivity contribution is 0.556. The third kappa shape index (κ3) is 1.85. The van der Waals surface area contributed by atoms with Gasteiger partial charge < -0.3 is 5.32 Å². The Labute approximate surface area is 79.1 Å². The van der Waals surface area contributed by atoms with Gasteiger partial charge in [-0.25, -0.2) is 0 Å². The molecule has 1 N–H and O–H groups in total. The Balaban J connectivity index is 1.97. The fraction of sp³-hybridized carbons (Fsp3) is 0.700. The van der Waals surface area contributed by atoms with E-state index in [9.17, 15) is 0 Å². The quantitative estimate of drug-likeness (QED) is 0.752. The van der Waals surface area contributed by atoms with Crippen LogP contribution in [0.15, 0.2) is 12.4 Å². The van der Waals surface area contributed by atoms with E-state index in [4.69, 9.17) is 0 Å². The van der Waals surface area contributed by atoms with Gasteiger partial charge in [-0.1, -0.05) is 13.3 Å². The number of hydrogen-bond donors (Lipinski definition) is 1. The molecule has 3 heteroatoms. The van der Waals surface area contributed by atoms with E-state index in [1.807, 2.05) is 24.1 Å². The summed E-state index contributed by atoms with van der Waals surface area (Å²) in [6.07, 6.45) is 7.95. The Morgan fingerprint density at radius 1 is 1.54 bits per heavy atom. The first-order valence-electron chi connectivity index (χ1n) is 5.01. The first-order valence-corrected chi connectivity index (χ1v) is 5.01. The lowest BCUT2D eigenvalue weighted by Gasteiger charge is -2.16. The highest BCUT2D eigenvalue weighted by molar-refractivity contribution is 5.39. The van der Waals surface area contributed by atoms with Crippen LogP contribution in [0.4, 0.5) is 5.69 Å². The normalized spacial score (nSPS) is 27.8. The third-order valence-electron chi connectivity index (χ3n) is 2.92. The molecule has 0 amide bonds. The summed E-state index contributed by atoms with van der Waals surface area (Å²) in [5, 5.41) is 7.67. The minimum Gasteiger partial charge on any atom is -0.380 e. The van der Waals surface area contributed by atoms with Crippen LogP contribution in [0.25, 0.3) is 0 Å². The van der Waals surface area contributed by atoms with Gasteiger partial charge in [0.15, 0.2) is 0 Å². The summed E-state index contributed by atoms with van der Waals surface area (Å²) in [5.41, 5.74) is 1.15. The van der Waals surface area contributed by atoms with Crippen molar-refractivity contribution in [2.24, 2.45) is 13.0 Å². The monoisotopic (exact) mass is 179 g/mol. The molecule has 2 unspecified atom stereocenters. The van der Waals surface area contributed by atoms with Gasteiger partial charge in [0.1, 0.15) is 0 Å². The topological polar surface area (TPSA) is 29.9 Å². The average molecular weight is 179 g/mol. The molecule has 1 fully saturated rings. The summed E-state index contributed by atoms with van der Waals surface area (Å²) in [4.78, 5) is 0. The van der Waals surface area contributed by atoms with Crippen molar-refractivity contribution in [2.75, 3.05) is 5.32 Å². The number of hydrogen-bond acceptors (Lipinski definition) is 2. The van der Waals surface area contributed by atoms with E-state index in [-0.39, 0.29) is 0 Å². The van der Waals surface area contributed by atoms with Gasteiger partial charge in [0.2, 0.25) is 0 Å². The summed E-state index contributed by atoms with van der Waals surface area (Å²) >= 11 is 0. The van der Waals surface area contributed by atoms with Crippen LogP contribution in [0.5, 0.6) is 0 Å². The standard InChI is InChI=1S/C10H17N3/c1-8-4-3-5-10(8)12-9-6-11-13(2)7-9/h6-8,10,12H,3-5H2,1-2H3. The molecule has 0 radical (unpaired) electrons. The molecule has 1 aliphatic carbocycles. The minimum absolute atomic E-state index is 0.657. The van der Waals surface area contributed by atoms with Gasteiger partial charge in [0, 0.05) is 19.3 Å². The van der Waals surface area contributed by atoms with Crippen molar-refractivity contribution in [2.45, 2.75) is 32.2 Å². The van der Waals surface area contributed by atoms with E-state index in [1.54, 1.807) is 0 Å². The summed E-state index contributed by atoms with van der Waals surface area (Å²) in [5.74, 6) is 0.806. The molecular formula is C10H17N3. The van der Waals surface area contributed by atoms with Gasteiger partial charge >= 0.3 is 0 Å². The van der Waals surface area contributed by atoms with Crippen LogP contribution >= 0.6 is 0 Å². The van der Waals surface area contributed by atoms with Gasteiger partial charge in [0.25, 0.3) is 0 Å². The predicted octanol–water partition coefficient (Wildman–Crippen LogP) is 2.02. The Morgan fingerprint density at radius 2 is 2.38 bits per heavy atom. The van der Waals surface area contributed by atoms with Gasteiger partial charge in [-0.05, 0) is 18.8 Å². The molecule has 1 aromatic rings. The smallest absolute Gasteiger partial charge is 0.0728 e. The second-order valence-corrected chi connectivity index (χ2v) is 4.06. The Kier molecular flexibility index (Phi) is 2.25. The first kappa shape index (κ1) is 8.60. The largest absolute Gasteiger partial charge is 0.380 e. The number of rotatable bonds is 2. The molecular weight excluding hydrogens is 162 g/mol. The molecule has 2 rings (SSSR count). The maximum Gasteiger partial charge on any atom is 0.0728 e. The van der Waals surface area contributed by atoms with E-state index < -0.39 is 0 Å². The van der Waals surface area contributed by atoms with Crippen molar-refractivity contribution >= 4 is 5.69 Å². The van der Waals surface area contributed by atoms with Crippen molar-refractivity contribution in [1.82, 2.24) is 9.78 Å². The molecule has 1 aromatic heterocycles. The highest BCUT2D eigenvalue weighted by atomic mass is 15.3. The highest BCUT2D eigenvalue weighted by Crippen LogP contribution is 2.27. The third-order valence-corrected chi connectivity index (χ3v) is 2.92. The highest BCUT2D eigenvalue weighted by Gasteiger charge is 2.22. The summed E-state index contributed by atoms with van der Waals surface area (Å²) in [6.45, 7) is 2.32. The fourth-order valence-corrected chi connectivity index (χ4v) is 2.07. The van der Waals surface area contributed by atoms with Crippen molar-refractivity contribution in [3.8, 4) is 0 Å². The second kappa shape index (κ2) is 3.40. The number of aromatic nitrogens is 2. The maximum absolute atomic E-state index is 4.14. The fourth-order valence-electron chi connectivity index (χ4n) is 2.07. The molecule has 0 spiro atoms. The number of nitrogens with one attached hydrogen (secondary N) is 1. The van der Waals surface area contributed by atoms with Gasteiger partial charge in [-0.3, -0.25) is 4.68 Å². The van der Waals surface area contributed by atoms with Crippen LogP contribution in [0.3, 0.4) is 0 Å². The second-order valence-electron chi connectivity index (χ2n) is 4.06. The number of nitrogens with zero attached hydrogens (tertiary/aromatic N) is 2. The molecule has 1 saturated carbocycles. The molecule has 13 heavy (non-hydrogen) atoms. The van der Waals surface area contributed by atoms with Crippen LogP contribution in [-0.4, -0.2) is 15.8 Å². The van der Waals surface area contributed by atoms with Crippen LogP contribution < -0.4 is 5.32 Å². The van der Waals surface area contributed by atoms with E-state index >= 15 is 0 Å². The summed E-state index contributed by atoms with van der Waals surface area (Å²) in [7, 11) is 1.95. The van der Waals surface area contributed by atoms with Crippen molar-refractivity contribution in [1.29, 1.82) is 0 Å². The van der Waals surface area contributed by atoms with Gasteiger partial charge in [-0.2, -0.15) is 5.10 Å². The lowest BCUT2D eigenvalue weighted by Crippen LogP contribution is -2.21. The number of aryl methyl sites for hydroxylation is 1. The van der Waals surface area contributed by atoms with Crippen molar-refractivity contribution in [3.05, 3.63) is 12.4 Å². The van der Waals surface area contributed by atoms with Crippen LogP contribution in [0.2, 0.25) is 0 Å². The van der Waals surface area contributed by atoms with Crippen LogP contribution in [-0.2, 0) is 7.05 Å². The molecule has 0 saturated heterocycles. The first-order chi connectivity index (χ1) is 6.25. The molecule has 3 nitrogen and oxygen atoms in total. The van der Waals surface area contributed by atoms with Crippen molar-refractivity contribution in [3.63, 3.8) is 0 Å². The van der Waals surface area contributed by atoms with Crippen LogP contribution in [0, 0.1) is 5.92 Å². The number of anilines is 1. The van der Waals surface area contributed by atoms with E-state index in [0.717, 1.165) is 11.6 Å². The van der Waals surface area contributed by atoms with E-state index in [1.165, 1.54) is 19.3 Å². The lowest BCUT2D eigenvalue weighted by atomic mass is 10.1. The van der Waals surface area contributed by atoms with Crippen molar-refractivity contribution < 1.29 is 0 Å². The summed E-state index contributed by atoms with van der Waals surface area (Å²) in [6, 6.07) is 0.657. The Bertz CT molecular complexity index is 279. The van der Waals surface area contributed by atoms with E-state index in [0.29, 0.717) is 6.04 Å². The molecule has 72 valence electrons. The van der Waals surface area contributed by atoms with E-state index in [2.05, 4.69) is 17.3 Å². The average Bonchev–Trinajstić information content (AvgIpc) is 2.64. The Morgan fingerprint density at radius 3 is 2.92 bits per heavy atom. The predicted molar refractivity (Wildman–Crippen MR) is 53.6 cm³/mol. The van der Waals surface area contributed by atoms with Gasteiger partial charge in [0.05, 0.1) is 11.9 Å². The zero-order valence-electron chi connectivity index (χ0n) is 8.33. The molecule has 2 atom stereocenters. The van der Waals surface area contributed by atoms with Gasteiger partial charge in [-0.15, -0.1) is 0 Å². The molecule has 0 aromatic carbocycles. The zero-order valence-corrected chi connectivity index (χ0v) is 8.33. The summed E-state index contributed by atoms with van der Waals surface area (Å²) < 4.78 is 1.84. The molecule has 0 aliphatic heterocycles. The zero-order chi connectivity index (χ0) is 9.26. The Hall–Kier alpha value is -0.990. The molecule has 0 bridgehead atoms. The maximum atomic E-state index is 4.14. The SMILES string of the molecule is CC1CCCC1Nc1cnn(C)c1. The minimum atomic E-state index is 0.657. The van der Waals surface area contributed by atoms with Crippen LogP contribution in [0.1, 0.15) is 26.2 Å².